The predicted octanol–water partition coefficient (Wildman–Crippen LogP) is 2.22. The van der Waals surface area contributed by atoms with Crippen LogP contribution in [0.25, 0.3) is 6.08 Å². The quantitative estimate of drug-likeness (QED) is 0.520. The van der Waals surface area contributed by atoms with Crippen LogP contribution < -0.4 is 5.73 Å². The Morgan fingerprint density at radius 3 is 2.38 bits per heavy atom. The topological polar surface area (TPSA) is 101 Å². The Balaban J connectivity index is 2.16. The van der Waals surface area contributed by atoms with Crippen molar-refractivity contribution in [3.8, 4) is 0 Å². The van der Waals surface area contributed by atoms with E-state index in [1.807, 2.05) is 27.7 Å². The maximum Gasteiger partial charge on any atom is 0.487 e. The molecule has 1 aliphatic heterocycles. The van der Waals surface area contributed by atoms with Gasteiger partial charge in [-0.2, -0.15) is 0 Å². The molecule has 1 saturated heterocycles. The summed E-state index contributed by atoms with van der Waals surface area (Å²) < 4.78 is 11.6. The van der Waals surface area contributed by atoms with Gasteiger partial charge < -0.3 is 25.2 Å². The number of nitrogens with zero attached hydrogens (tertiary/aromatic N) is 2. The summed E-state index contributed by atoms with van der Waals surface area (Å²) in [6.07, 6.45) is 1.62. The molecule has 1 aromatic heterocycles. The van der Waals surface area contributed by atoms with Crippen molar-refractivity contribution in [2.75, 3.05) is 5.73 Å². The number of pyridine rings is 1. The van der Waals surface area contributed by atoms with E-state index in [2.05, 4.69) is 4.98 Å². The van der Waals surface area contributed by atoms with Crippen LogP contribution in [0.1, 0.15) is 33.4 Å². The third-order valence-corrected chi connectivity index (χ3v) is 3.80. The summed E-state index contributed by atoms with van der Waals surface area (Å²) in [5.41, 5.74) is 5.10. The molecule has 0 radical (unpaired) electrons. The summed E-state index contributed by atoms with van der Waals surface area (Å²) in [5.74, 6) is 1.32. The molecule has 21 heavy (non-hydrogen) atoms. The lowest BCUT2D eigenvalue weighted by Gasteiger charge is -2.32. The molecule has 0 saturated carbocycles. The number of nitrogens with two attached hydrogens (primary N) is 1. The number of hydrogen-bond acceptors (Lipinski definition) is 6. The molecule has 1 aliphatic rings. The molecule has 1 aromatic rings. The zero-order valence-electron chi connectivity index (χ0n) is 12.5. The Bertz CT molecular complexity index is 585. The highest BCUT2D eigenvalue weighted by molar-refractivity contribution is 6.52. The number of nitrogen functional groups attached to an aromatic ring is 1. The first-order valence-corrected chi connectivity index (χ1v) is 6.57. The number of anilines is 1. The maximum atomic E-state index is 10.8. The van der Waals surface area contributed by atoms with Gasteiger partial charge in [-0.1, -0.05) is 0 Å². The van der Waals surface area contributed by atoms with Crippen molar-refractivity contribution in [3.05, 3.63) is 33.9 Å². The fraction of sp³-hybridized carbons (Fsp3) is 0.462. The average Bonchev–Trinajstić information content (AvgIpc) is 2.56. The number of nitro groups is 1. The molecule has 2 heterocycles. The molecule has 2 N–H and O–H groups in total. The van der Waals surface area contributed by atoms with Gasteiger partial charge >= 0.3 is 12.9 Å². The summed E-state index contributed by atoms with van der Waals surface area (Å²) in [6.45, 7) is 7.81. The van der Waals surface area contributed by atoms with Crippen LogP contribution in [-0.4, -0.2) is 28.2 Å². The monoisotopic (exact) mass is 291 g/mol. The smallest absolute Gasteiger partial charge is 0.400 e. The minimum absolute atomic E-state index is 0.0350. The van der Waals surface area contributed by atoms with Gasteiger partial charge in [-0.3, -0.25) is 0 Å². The third-order valence-electron chi connectivity index (χ3n) is 3.80. The zero-order valence-corrected chi connectivity index (χ0v) is 12.5. The largest absolute Gasteiger partial charge is 0.487 e. The molecular weight excluding hydrogens is 273 g/mol. The molecule has 0 unspecified atom stereocenters. The Morgan fingerprint density at radius 1 is 1.29 bits per heavy atom. The van der Waals surface area contributed by atoms with Gasteiger partial charge in [-0.15, -0.1) is 0 Å². The SMILES string of the molecule is CC1(C)OB(/C=C/c2ccc(N)c([N+](=O)[O-])n2)OC1(C)C. The molecule has 112 valence electrons. The van der Waals surface area contributed by atoms with Crippen LogP contribution in [0.15, 0.2) is 18.1 Å². The first kappa shape index (κ1) is 15.5. The molecule has 0 amide bonds. The fourth-order valence-corrected chi connectivity index (χ4v) is 1.86. The van der Waals surface area contributed by atoms with Crippen molar-refractivity contribution >= 4 is 24.7 Å². The Morgan fingerprint density at radius 2 is 1.86 bits per heavy atom. The molecule has 0 spiro atoms. The number of hydrogen-bond donors (Lipinski definition) is 1. The van der Waals surface area contributed by atoms with Gasteiger partial charge in [0.1, 0.15) is 5.69 Å². The number of rotatable bonds is 3. The minimum Gasteiger partial charge on any atom is -0.400 e. The van der Waals surface area contributed by atoms with Gasteiger partial charge in [0.25, 0.3) is 0 Å². The first-order chi connectivity index (χ1) is 9.62. The van der Waals surface area contributed by atoms with Gasteiger partial charge in [0.2, 0.25) is 0 Å². The lowest BCUT2D eigenvalue weighted by atomic mass is 9.89. The predicted molar refractivity (Wildman–Crippen MR) is 80.4 cm³/mol. The highest BCUT2D eigenvalue weighted by Gasteiger charge is 2.50. The van der Waals surface area contributed by atoms with E-state index < -0.39 is 23.2 Å². The van der Waals surface area contributed by atoms with Crippen molar-refractivity contribution in [3.63, 3.8) is 0 Å². The third kappa shape index (κ3) is 3.06. The highest BCUT2D eigenvalue weighted by Crippen LogP contribution is 2.37. The van der Waals surface area contributed by atoms with E-state index in [9.17, 15) is 10.1 Å². The zero-order chi connectivity index (χ0) is 15.8. The van der Waals surface area contributed by atoms with Crippen molar-refractivity contribution in [2.24, 2.45) is 0 Å². The molecule has 2 rings (SSSR count). The molecule has 0 aliphatic carbocycles. The maximum absolute atomic E-state index is 10.8. The molecule has 7 nitrogen and oxygen atoms in total. The standard InChI is InChI=1S/C13H18BN3O4/c1-12(2)13(3,4)21-14(20-12)8-7-9-5-6-10(15)11(16-9)17(18)19/h5-8H,15H2,1-4H3/b8-7+. The second-order valence-electron chi connectivity index (χ2n) is 5.89. The van der Waals surface area contributed by atoms with E-state index in [0.29, 0.717) is 5.69 Å². The van der Waals surface area contributed by atoms with E-state index in [1.54, 1.807) is 18.1 Å². The Labute approximate surface area is 123 Å². The van der Waals surface area contributed by atoms with Gasteiger partial charge in [-0.05, 0) is 61.8 Å². The van der Waals surface area contributed by atoms with Gasteiger partial charge in [-0.25, -0.2) is 0 Å². The summed E-state index contributed by atoms with van der Waals surface area (Å²) in [6, 6.07) is 3.05. The number of aromatic nitrogens is 1. The summed E-state index contributed by atoms with van der Waals surface area (Å²) in [7, 11) is -0.520. The first-order valence-electron chi connectivity index (χ1n) is 6.57. The van der Waals surface area contributed by atoms with Crippen LogP contribution in [0.4, 0.5) is 11.5 Å². The molecule has 0 atom stereocenters. The van der Waals surface area contributed by atoms with Crippen LogP contribution in [0, 0.1) is 10.1 Å². The van der Waals surface area contributed by atoms with E-state index in [1.165, 1.54) is 6.07 Å². The van der Waals surface area contributed by atoms with Crippen molar-refractivity contribution in [1.82, 2.24) is 4.98 Å². The van der Waals surface area contributed by atoms with Crippen LogP contribution in [-0.2, 0) is 9.31 Å². The molecule has 0 aromatic carbocycles. The van der Waals surface area contributed by atoms with Crippen molar-refractivity contribution < 1.29 is 14.2 Å². The lowest BCUT2D eigenvalue weighted by Crippen LogP contribution is -2.41. The Hall–Kier alpha value is -1.93. The normalized spacial score (nSPS) is 20.1. The molecule has 8 heteroatoms. The van der Waals surface area contributed by atoms with E-state index in [0.717, 1.165) is 0 Å². The van der Waals surface area contributed by atoms with Crippen LogP contribution in [0.3, 0.4) is 0 Å². The summed E-state index contributed by atoms with van der Waals surface area (Å²) in [4.78, 5) is 14.1. The van der Waals surface area contributed by atoms with Gasteiger partial charge in [0.05, 0.1) is 11.2 Å². The van der Waals surface area contributed by atoms with E-state index in [4.69, 9.17) is 15.0 Å². The van der Waals surface area contributed by atoms with E-state index >= 15 is 0 Å². The van der Waals surface area contributed by atoms with Gasteiger partial charge in [0, 0.05) is 0 Å². The average molecular weight is 291 g/mol. The highest BCUT2D eigenvalue weighted by atomic mass is 16.7. The van der Waals surface area contributed by atoms with Crippen LogP contribution >= 0.6 is 0 Å². The Kier molecular flexibility index (Phi) is 3.77. The molecular formula is C13H18BN3O4. The summed E-state index contributed by atoms with van der Waals surface area (Å²) in [5, 5.41) is 10.8. The van der Waals surface area contributed by atoms with Gasteiger partial charge in [0.15, 0.2) is 5.69 Å². The van der Waals surface area contributed by atoms with Crippen LogP contribution in [0.5, 0.6) is 0 Å². The lowest BCUT2D eigenvalue weighted by molar-refractivity contribution is -0.388. The second-order valence-corrected chi connectivity index (χ2v) is 5.89. The minimum atomic E-state index is -0.610. The summed E-state index contributed by atoms with van der Waals surface area (Å²) >= 11 is 0. The van der Waals surface area contributed by atoms with Crippen molar-refractivity contribution in [1.29, 1.82) is 0 Å². The molecule has 1 fully saturated rings. The fourth-order valence-electron chi connectivity index (χ4n) is 1.86. The second kappa shape index (κ2) is 5.12. The van der Waals surface area contributed by atoms with Crippen LogP contribution in [0.2, 0.25) is 0 Å². The van der Waals surface area contributed by atoms with E-state index in [-0.39, 0.29) is 11.5 Å². The molecule has 0 bridgehead atoms. The van der Waals surface area contributed by atoms with Crippen molar-refractivity contribution in [2.45, 2.75) is 38.9 Å².